The van der Waals surface area contributed by atoms with Gasteiger partial charge in [0.25, 0.3) is 0 Å². The molecule has 2 nitrogen and oxygen atoms in total. The van der Waals surface area contributed by atoms with Crippen LogP contribution in [0.15, 0.2) is 24.3 Å². The van der Waals surface area contributed by atoms with Gasteiger partial charge >= 0.3 is 0 Å². The van der Waals surface area contributed by atoms with Gasteiger partial charge in [0.15, 0.2) is 0 Å². The zero-order valence-electron chi connectivity index (χ0n) is 8.41. The Morgan fingerprint density at radius 2 is 1.08 bits per heavy atom. The summed E-state index contributed by atoms with van der Waals surface area (Å²) >= 11 is 0. The highest BCUT2D eigenvalue weighted by atomic mass is 14.5. The van der Waals surface area contributed by atoms with E-state index in [0.717, 1.165) is 12.8 Å². The van der Waals surface area contributed by atoms with Crippen molar-refractivity contribution in [2.24, 2.45) is 11.5 Å². The van der Waals surface area contributed by atoms with Gasteiger partial charge in [0.05, 0.1) is 0 Å². The van der Waals surface area contributed by atoms with E-state index in [-0.39, 0.29) is 0 Å². The molecule has 0 bridgehead atoms. The summed E-state index contributed by atoms with van der Waals surface area (Å²) in [5.41, 5.74) is 10.6. The summed E-state index contributed by atoms with van der Waals surface area (Å²) in [6.07, 6.45) is 14.5. The van der Waals surface area contributed by atoms with E-state index >= 15 is 0 Å². The fraction of sp³-hybridized carbons (Fsp3) is 0.636. The number of allylic oxidation sites excluding steroid dienone is 2. The van der Waals surface area contributed by atoms with E-state index in [1.54, 1.807) is 0 Å². The summed E-state index contributed by atoms with van der Waals surface area (Å²) in [4.78, 5) is 0. The predicted molar refractivity (Wildman–Crippen MR) is 59.5 cm³/mol. The van der Waals surface area contributed by atoms with Gasteiger partial charge in [-0.3, -0.25) is 0 Å². The van der Waals surface area contributed by atoms with E-state index in [4.69, 9.17) is 11.5 Å². The lowest BCUT2D eigenvalue weighted by atomic mass is 10.1. The second-order valence-corrected chi connectivity index (χ2v) is 3.05. The molecule has 0 spiro atoms. The summed E-state index contributed by atoms with van der Waals surface area (Å²) in [6, 6.07) is 0. The molecule has 2 heteroatoms. The largest absolute Gasteiger partial charge is 0.327 e. The third-order valence-electron chi connectivity index (χ3n) is 1.85. The molecule has 0 heterocycles. The molecule has 0 aromatic carbocycles. The molecule has 0 aliphatic rings. The molecule has 0 radical (unpaired) electrons. The number of hydrogen-bond acceptors (Lipinski definition) is 2. The molecule has 0 saturated carbocycles. The highest BCUT2D eigenvalue weighted by Crippen LogP contribution is 2.03. The first kappa shape index (κ1) is 12.4. The van der Waals surface area contributed by atoms with Crippen LogP contribution in [0, 0.1) is 0 Å². The highest BCUT2D eigenvalue weighted by Gasteiger charge is 1.84. The van der Waals surface area contributed by atoms with Crippen LogP contribution in [0.1, 0.15) is 32.1 Å². The van der Waals surface area contributed by atoms with Crippen molar-refractivity contribution in [1.29, 1.82) is 0 Å². The first-order valence-electron chi connectivity index (χ1n) is 5.12. The van der Waals surface area contributed by atoms with Gasteiger partial charge in [0.2, 0.25) is 0 Å². The Kier molecular flexibility index (Phi) is 10.9. The number of unbranched alkanes of at least 4 members (excludes halogenated alkanes) is 4. The van der Waals surface area contributed by atoms with Crippen molar-refractivity contribution in [3.63, 3.8) is 0 Å². The van der Waals surface area contributed by atoms with Crippen molar-refractivity contribution < 1.29 is 0 Å². The molecule has 0 aliphatic carbocycles. The van der Waals surface area contributed by atoms with Crippen molar-refractivity contribution in [1.82, 2.24) is 0 Å². The molecule has 0 atom stereocenters. The molecule has 0 saturated heterocycles. The van der Waals surface area contributed by atoms with Gasteiger partial charge in [-0.15, -0.1) is 0 Å². The topological polar surface area (TPSA) is 52.0 Å². The van der Waals surface area contributed by atoms with E-state index in [2.05, 4.69) is 12.2 Å². The molecule has 76 valence electrons. The summed E-state index contributed by atoms with van der Waals surface area (Å²) in [5, 5.41) is 0. The quantitative estimate of drug-likeness (QED) is 0.445. The molecule has 0 amide bonds. The van der Waals surface area contributed by atoms with Crippen molar-refractivity contribution in [2.45, 2.75) is 32.1 Å². The van der Waals surface area contributed by atoms with Crippen molar-refractivity contribution in [3.05, 3.63) is 24.3 Å². The molecular weight excluding hydrogens is 160 g/mol. The van der Waals surface area contributed by atoms with E-state index in [9.17, 15) is 0 Å². The smallest absolute Gasteiger partial charge is 0.0106 e. The Bertz CT molecular complexity index is 123. The second kappa shape index (κ2) is 11.4. The fourth-order valence-corrected chi connectivity index (χ4v) is 1.13. The van der Waals surface area contributed by atoms with Gasteiger partial charge in [0, 0.05) is 13.1 Å². The van der Waals surface area contributed by atoms with Crippen LogP contribution in [0.25, 0.3) is 0 Å². The number of nitrogens with two attached hydrogens (primary N) is 2. The molecule has 13 heavy (non-hydrogen) atoms. The monoisotopic (exact) mass is 182 g/mol. The van der Waals surface area contributed by atoms with Gasteiger partial charge in [-0.1, -0.05) is 30.7 Å². The minimum Gasteiger partial charge on any atom is -0.327 e. The molecule has 0 unspecified atom stereocenters. The molecular formula is C11H22N2. The average Bonchev–Trinajstić information content (AvgIpc) is 2.16. The Labute approximate surface area is 81.7 Å². The maximum absolute atomic E-state index is 5.32. The van der Waals surface area contributed by atoms with Crippen LogP contribution in [-0.4, -0.2) is 13.1 Å². The molecule has 4 N–H and O–H groups in total. The first-order valence-corrected chi connectivity index (χ1v) is 5.12. The minimum atomic E-state index is 0.666. The highest BCUT2D eigenvalue weighted by molar-refractivity contribution is 4.83. The number of hydrogen-bond donors (Lipinski definition) is 2. The van der Waals surface area contributed by atoms with E-state index in [1.807, 2.05) is 12.2 Å². The normalized spacial score (nSPS) is 11.8. The van der Waals surface area contributed by atoms with Crippen LogP contribution in [0.5, 0.6) is 0 Å². The summed E-state index contributed by atoms with van der Waals surface area (Å²) in [5.74, 6) is 0. The molecule has 0 aromatic heterocycles. The Balaban J connectivity index is 2.99. The van der Waals surface area contributed by atoms with E-state index in [0.29, 0.717) is 13.1 Å². The fourth-order valence-electron chi connectivity index (χ4n) is 1.13. The van der Waals surface area contributed by atoms with Gasteiger partial charge in [0.1, 0.15) is 0 Å². The zero-order chi connectivity index (χ0) is 9.78. The Morgan fingerprint density at radius 3 is 1.46 bits per heavy atom. The molecule has 0 aromatic rings. The Morgan fingerprint density at radius 1 is 0.615 bits per heavy atom. The minimum absolute atomic E-state index is 0.666. The lowest BCUT2D eigenvalue weighted by Crippen LogP contribution is -1.92. The van der Waals surface area contributed by atoms with Gasteiger partial charge in [-0.25, -0.2) is 0 Å². The standard InChI is InChI=1S/C11H22N2/c12-10-8-6-4-2-1-3-5-7-9-11-13/h6-9H,1-5,10-13H2. The second-order valence-electron chi connectivity index (χ2n) is 3.05. The third kappa shape index (κ3) is 11.4. The maximum atomic E-state index is 5.32. The van der Waals surface area contributed by atoms with Crippen molar-refractivity contribution in [2.75, 3.05) is 13.1 Å². The van der Waals surface area contributed by atoms with Gasteiger partial charge in [-0.2, -0.15) is 0 Å². The van der Waals surface area contributed by atoms with Crippen molar-refractivity contribution in [3.8, 4) is 0 Å². The lowest BCUT2D eigenvalue weighted by molar-refractivity contribution is 0.695. The summed E-state index contributed by atoms with van der Waals surface area (Å²) in [6.45, 7) is 1.33. The van der Waals surface area contributed by atoms with Crippen LogP contribution in [-0.2, 0) is 0 Å². The lowest BCUT2D eigenvalue weighted by Gasteiger charge is -1.94. The van der Waals surface area contributed by atoms with Crippen LogP contribution in [0.3, 0.4) is 0 Å². The average molecular weight is 182 g/mol. The van der Waals surface area contributed by atoms with Crippen LogP contribution < -0.4 is 11.5 Å². The number of rotatable bonds is 8. The van der Waals surface area contributed by atoms with Crippen LogP contribution in [0.4, 0.5) is 0 Å². The van der Waals surface area contributed by atoms with Gasteiger partial charge < -0.3 is 11.5 Å². The van der Waals surface area contributed by atoms with Gasteiger partial charge in [-0.05, 0) is 25.7 Å². The summed E-state index contributed by atoms with van der Waals surface area (Å²) in [7, 11) is 0. The van der Waals surface area contributed by atoms with Crippen molar-refractivity contribution >= 4 is 0 Å². The third-order valence-corrected chi connectivity index (χ3v) is 1.85. The van der Waals surface area contributed by atoms with E-state index < -0.39 is 0 Å². The van der Waals surface area contributed by atoms with E-state index in [1.165, 1.54) is 19.3 Å². The Hall–Kier alpha value is -0.600. The SMILES string of the molecule is NCC=CCCCCCC=CCN. The molecule has 0 aliphatic heterocycles. The molecule has 0 rings (SSSR count). The van der Waals surface area contributed by atoms with Crippen LogP contribution in [0.2, 0.25) is 0 Å². The zero-order valence-corrected chi connectivity index (χ0v) is 8.41. The predicted octanol–water partition coefficient (Wildman–Crippen LogP) is 1.97. The first-order chi connectivity index (χ1) is 6.41. The van der Waals surface area contributed by atoms with Crippen LogP contribution >= 0.6 is 0 Å². The summed E-state index contributed by atoms with van der Waals surface area (Å²) < 4.78 is 0. The molecule has 0 fully saturated rings. The maximum Gasteiger partial charge on any atom is 0.0106 e.